The van der Waals surface area contributed by atoms with Gasteiger partial charge in [-0.25, -0.2) is 9.59 Å². The number of carbonyl (C=O) groups is 4. The first-order valence-corrected chi connectivity index (χ1v) is 11.3. The zero-order valence-electron chi connectivity index (χ0n) is 19.9. The van der Waals surface area contributed by atoms with Crippen LogP contribution in [0.5, 0.6) is 0 Å². The largest absolute Gasteiger partial charge is 0.465 e. The van der Waals surface area contributed by atoms with Crippen LogP contribution >= 0.6 is 0 Å². The fourth-order valence-corrected chi connectivity index (χ4v) is 4.88. The predicted molar refractivity (Wildman–Crippen MR) is 116 cm³/mol. The Kier molecular flexibility index (Phi) is 7.82. The molecule has 0 spiro atoms. The molecule has 7 atom stereocenters. The zero-order chi connectivity index (χ0) is 25.2. The van der Waals surface area contributed by atoms with Crippen LogP contribution in [-0.2, 0) is 42.9 Å². The van der Waals surface area contributed by atoms with E-state index < -0.39 is 65.7 Å². The summed E-state index contributed by atoms with van der Waals surface area (Å²) in [6.45, 7) is 9.50. The lowest BCUT2D eigenvalue weighted by atomic mass is 9.78. The van der Waals surface area contributed by atoms with E-state index in [0.29, 0.717) is 12.8 Å². The molecule has 10 heteroatoms. The molecule has 0 amide bonds. The number of aliphatic hydroxyl groups excluding tert-OH is 1. The molecular formula is C24H32O10. The van der Waals surface area contributed by atoms with Crippen molar-refractivity contribution in [3.05, 3.63) is 23.8 Å². The quantitative estimate of drug-likeness (QED) is 0.337. The van der Waals surface area contributed by atoms with E-state index in [2.05, 4.69) is 6.58 Å². The van der Waals surface area contributed by atoms with Crippen molar-refractivity contribution >= 4 is 23.9 Å². The Morgan fingerprint density at radius 3 is 2.50 bits per heavy atom. The van der Waals surface area contributed by atoms with Crippen molar-refractivity contribution < 1.29 is 48.0 Å². The van der Waals surface area contributed by atoms with Gasteiger partial charge in [-0.1, -0.05) is 12.7 Å². The minimum atomic E-state index is -0.893. The highest BCUT2D eigenvalue weighted by atomic mass is 16.6. The second-order valence-electron chi connectivity index (χ2n) is 9.27. The third-order valence-electron chi connectivity index (χ3n) is 6.70. The Morgan fingerprint density at radius 1 is 1.21 bits per heavy atom. The van der Waals surface area contributed by atoms with Crippen LogP contribution in [0.15, 0.2) is 23.8 Å². The number of hydrogen-bond acceptors (Lipinski definition) is 10. The van der Waals surface area contributed by atoms with E-state index in [1.165, 1.54) is 19.9 Å². The first kappa shape index (κ1) is 25.9. The highest BCUT2D eigenvalue weighted by Gasteiger charge is 2.58. The average molecular weight is 481 g/mol. The van der Waals surface area contributed by atoms with Gasteiger partial charge in [0.2, 0.25) is 0 Å². The third-order valence-corrected chi connectivity index (χ3v) is 6.70. The highest BCUT2D eigenvalue weighted by Crippen LogP contribution is 2.47. The molecule has 3 fully saturated rings. The smallest absolute Gasteiger partial charge is 0.337 e. The molecule has 0 aromatic carbocycles. The molecule has 7 unspecified atom stereocenters. The fourth-order valence-electron chi connectivity index (χ4n) is 4.88. The van der Waals surface area contributed by atoms with Crippen molar-refractivity contribution in [2.45, 2.75) is 77.0 Å². The summed E-state index contributed by atoms with van der Waals surface area (Å²) in [7, 11) is 0. The molecule has 2 bridgehead atoms. The standard InChI is InChI=1S/C24H32O10/c1-6-15(10-30-13(3)25)23(29)32-18-9-24(5)8-7-17(27)16(11-31-14(4)26)20(34-24)21-19(18)12(2)22(28)33-21/h6,16-21,27H,2,7-11H2,1,3-5H3/b15-6+. The van der Waals surface area contributed by atoms with Crippen LogP contribution in [0.25, 0.3) is 0 Å². The summed E-state index contributed by atoms with van der Waals surface area (Å²) in [6.07, 6.45) is -0.838. The van der Waals surface area contributed by atoms with Gasteiger partial charge in [-0.15, -0.1) is 0 Å². The molecule has 0 aromatic heterocycles. The van der Waals surface area contributed by atoms with Crippen molar-refractivity contribution in [2.75, 3.05) is 13.2 Å². The van der Waals surface area contributed by atoms with E-state index in [9.17, 15) is 24.3 Å². The molecule has 0 aliphatic carbocycles. The molecular weight excluding hydrogens is 448 g/mol. The number of aliphatic hydroxyl groups is 1. The van der Waals surface area contributed by atoms with Gasteiger partial charge in [-0.3, -0.25) is 9.59 Å². The van der Waals surface area contributed by atoms with E-state index in [4.69, 9.17) is 23.7 Å². The molecule has 188 valence electrons. The number of rotatable bonds is 6. The van der Waals surface area contributed by atoms with Crippen molar-refractivity contribution in [3.63, 3.8) is 0 Å². The lowest BCUT2D eigenvalue weighted by molar-refractivity contribution is -0.173. The minimum Gasteiger partial charge on any atom is -0.465 e. The summed E-state index contributed by atoms with van der Waals surface area (Å²) in [5.74, 6) is -3.74. The van der Waals surface area contributed by atoms with Gasteiger partial charge in [0, 0.05) is 31.8 Å². The Hall–Kier alpha value is -2.72. The highest BCUT2D eigenvalue weighted by molar-refractivity contribution is 5.92. The molecule has 3 saturated heterocycles. The number of ether oxygens (including phenoxy) is 5. The van der Waals surface area contributed by atoms with Gasteiger partial charge in [0.1, 0.15) is 24.9 Å². The molecule has 0 aromatic rings. The lowest BCUT2D eigenvalue weighted by Crippen LogP contribution is -2.47. The van der Waals surface area contributed by atoms with Crippen LogP contribution in [0, 0.1) is 11.8 Å². The number of hydrogen-bond donors (Lipinski definition) is 1. The predicted octanol–water partition coefficient (Wildman–Crippen LogP) is 1.39. The lowest BCUT2D eigenvalue weighted by Gasteiger charge is -2.34. The third kappa shape index (κ3) is 5.50. The summed E-state index contributed by atoms with van der Waals surface area (Å²) in [5.41, 5.74) is -0.518. The van der Waals surface area contributed by atoms with Gasteiger partial charge in [0.25, 0.3) is 0 Å². The van der Waals surface area contributed by atoms with Crippen LogP contribution in [0.1, 0.15) is 47.0 Å². The topological polar surface area (TPSA) is 135 Å². The van der Waals surface area contributed by atoms with Crippen LogP contribution < -0.4 is 0 Å². The van der Waals surface area contributed by atoms with Crippen molar-refractivity contribution in [1.29, 1.82) is 0 Å². The maximum absolute atomic E-state index is 12.9. The van der Waals surface area contributed by atoms with Gasteiger partial charge in [-0.2, -0.15) is 0 Å². The molecule has 0 saturated carbocycles. The SMILES string of the molecule is C=C1C(=O)OC2C3OC(C)(CCC(O)C3COC(C)=O)CC(OC(=O)/C(=C/C)COC(C)=O)C12. The maximum Gasteiger partial charge on any atom is 0.337 e. The molecule has 34 heavy (non-hydrogen) atoms. The van der Waals surface area contributed by atoms with E-state index in [1.54, 1.807) is 6.92 Å². The van der Waals surface area contributed by atoms with E-state index >= 15 is 0 Å². The summed E-state index contributed by atoms with van der Waals surface area (Å²) < 4.78 is 28.0. The second-order valence-corrected chi connectivity index (χ2v) is 9.27. The zero-order valence-corrected chi connectivity index (χ0v) is 19.9. The fraction of sp³-hybridized carbons (Fsp3) is 0.667. The Morgan fingerprint density at radius 2 is 1.88 bits per heavy atom. The van der Waals surface area contributed by atoms with Crippen LogP contribution in [0.2, 0.25) is 0 Å². The van der Waals surface area contributed by atoms with Crippen LogP contribution in [-0.4, -0.2) is 72.2 Å². The molecule has 0 radical (unpaired) electrons. The maximum atomic E-state index is 12.9. The monoisotopic (exact) mass is 480 g/mol. The van der Waals surface area contributed by atoms with Crippen LogP contribution in [0.3, 0.4) is 0 Å². The Labute approximate surface area is 198 Å². The van der Waals surface area contributed by atoms with Gasteiger partial charge in [0.05, 0.1) is 29.8 Å². The summed E-state index contributed by atoms with van der Waals surface area (Å²) in [6, 6.07) is 0. The van der Waals surface area contributed by atoms with Gasteiger partial charge in [0.15, 0.2) is 0 Å². The molecule has 10 nitrogen and oxygen atoms in total. The van der Waals surface area contributed by atoms with Gasteiger partial charge >= 0.3 is 23.9 Å². The molecule has 1 N–H and O–H groups in total. The summed E-state index contributed by atoms with van der Waals surface area (Å²) in [5, 5.41) is 10.8. The Bertz CT molecular complexity index is 892. The number of fused-ring (bicyclic) bond motifs is 4. The van der Waals surface area contributed by atoms with Crippen molar-refractivity contribution in [1.82, 2.24) is 0 Å². The second kappa shape index (κ2) is 10.3. The van der Waals surface area contributed by atoms with Gasteiger partial charge < -0.3 is 28.8 Å². The normalized spacial score (nSPS) is 35.4. The van der Waals surface area contributed by atoms with E-state index in [-0.39, 0.29) is 30.8 Å². The first-order valence-electron chi connectivity index (χ1n) is 11.3. The average Bonchev–Trinajstić information content (AvgIpc) is 2.90. The first-order chi connectivity index (χ1) is 16.0. The molecule has 3 aliphatic rings. The molecule has 3 rings (SSSR count). The Balaban J connectivity index is 1.93. The summed E-state index contributed by atoms with van der Waals surface area (Å²) in [4.78, 5) is 48.0. The number of carbonyl (C=O) groups excluding carboxylic acids is 4. The van der Waals surface area contributed by atoms with Crippen molar-refractivity contribution in [3.8, 4) is 0 Å². The molecule has 3 heterocycles. The van der Waals surface area contributed by atoms with Gasteiger partial charge in [-0.05, 0) is 26.7 Å². The summed E-state index contributed by atoms with van der Waals surface area (Å²) >= 11 is 0. The van der Waals surface area contributed by atoms with E-state index in [0.717, 1.165) is 0 Å². The number of esters is 4. The number of allylic oxidation sites excluding steroid dienone is 1. The molecule has 3 aliphatic heterocycles. The van der Waals surface area contributed by atoms with E-state index in [1.807, 2.05) is 6.92 Å². The van der Waals surface area contributed by atoms with Crippen LogP contribution in [0.4, 0.5) is 0 Å². The minimum absolute atomic E-state index is 0.111. The van der Waals surface area contributed by atoms with Crippen molar-refractivity contribution in [2.24, 2.45) is 11.8 Å².